The van der Waals surface area contributed by atoms with Gasteiger partial charge in [0.15, 0.2) is 11.3 Å². The quantitative estimate of drug-likeness (QED) is 0.415. The fraction of sp³-hybridized carbons (Fsp3) is 0.125. The van der Waals surface area contributed by atoms with Gasteiger partial charge in [0.05, 0.1) is 22.3 Å². The monoisotopic (exact) mass is 453 g/mol. The first-order chi connectivity index (χ1) is 16.3. The number of thiazole rings is 1. The molecule has 0 radical (unpaired) electrons. The van der Waals surface area contributed by atoms with Crippen LogP contribution < -0.4 is 5.32 Å². The summed E-state index contributed by atoms with van der Waals surface area (Å²) in [7, 11) is 0. The van der Waals surface area contributed by atoms with E-state index in [0.717, 1.165) is 37.6 Å². The van der Waals surface area contributed by atoms with E-state index in [2.05, 4.69) is 26.7 Å². The van der Waals surface area contributed by atoms with E-state index in [4.69, 9.17) is 4.98 Å². The molecule has 33 heavy (non-hydrogen) atoms. The highest BCUT2D eigenvalue weighted by Gasteiger charge is 2.18. The Morgan fingerprint density at radius 1 is 0.970 bits per heavy atom. The van der Waals surface area contributed by atoms with Crippen LogP contribution in [0.3, 0.4) is 0 Å². The van der Waals surface area contributed by atoms with Gasteiger partial charge in [-0.05, 0) is 30.3 Å². The lowest BCUT2D eigenvalue weighted by atomic mass is 10.2. The molecule has 0 saturated heterocycles. The van der Waals surface area contributed by atoms with Gasteiger partial charge in [0.25, 0.3) is 5.91 Å². The Bertz CT molecular complexity index is 1580. The summed E-state index contributed by atoms with van der Waals surface area (Å²) < 4.78 is 4.92. The van der Waals surface area contributed by atoms with Crippen LogP contribution in [0.4, 0.5) is 0 Å². The smallest absolute Gasteiger partial charge is 0.272 e. The average molecular weight is 454 g/mol. The molecule has 0 spiro atoms. The van der Waals surface area contributed by atoms with E-state index < -0.39 is 0 Å². The Morgan fingerprint density at radius 2 is 1.82 bits per heavy atom. The maximum absolute atomic E-state index is 13.0. The Morgan fingerprint density at radius 3 is 2.76 bits per heavy atom. The number of rotatable bonds is 6. The fourth-order valence-electron chi connectivity index (χ4n) is 3.96. The largest absolute Gasteiger partial charge is 0.350 e. The summed E-state index contributed by atoms with van der Waals surface area (Å²) >= 11 is 1.64. The molecule has 0 aliphatic heterocycles. The van der Waals surface area contributed by atoms with Crippen LogP contribution in [-0.4, -0.2) is 41.8 Å². The number of carbonyl (C=O) groups is 1. The van der Waals surface area contributed by atoms with Crippen molar-refractivity contribution in [2.24, 2.45) is 0 Å². The molecule has 162 valence electrons. The van der Waals surface area contributed by atoms with E-state index in [9.17, 15) is 4.79 Å². The number of amides is 1. The molecule has 1 N–H and O–H groups in total. The molecule has 0 aliphatic rings. The summed E-state index contributed by atoms with van der Waals surface area (Å²) in [5.74, 6) is 0.597. The van der Waals surface area contributed by atoms with Crippen molar-refractivity contribution in [1.29, 1.82) is 0 Å². The first-order valence-corrected chi connectivity index (χ1v) is 11.4. The molecule has 0 fully saturated rings. The number of nitrogens with one attached hydrogen (secondary N) is 1. The van der Waals surface area contributed by atoms with E-state index in [1.807, 2.05) is 75.9 Å². The maximum Gasteiger partial charge on any atom is 0.272 e. The Kier molecular flexibility index (Phi) is 4.80. The van der Waals surface area contributed by atoms with Crippen LogP contribution in [0, 0.1) is 0 Å². The molecule has 0 bridgehead atoms. The van der Waals surface area contributed by atoms with Crippen LogP contribution in [-0.2, 0) is 13.0 Å². The first-order valence-electron chi connectivity index (χ1n) is 10.6. The SMILES string of the molecule is O=C(NCCc1nnc2ccccn12)c1nn(Cc2nc3ccccc3s2)c2ccccc12. The van der Waals surface area contributed by atoms with Gasteiger partial charge >= 0.3 is 0 Å². The molecular formula is C24H19N7OS. The third-order valence-electron chi connectivity index (χ3n) is 5.51. The second-order valence-electron chi connectivity index (χ2n) is 7.65. The second-order valence-corrected chi connectivity index (χ2v) is 8.76. The minimum atomic E-state index is -0.205. The highest BCUT2D eigenvalue weighted by atomic mass is 32.1. The molecule has 4 heterocycles. The Hall–Kier alpha value is -4.11. The number of pyridine rings is 1. The van der Waals surface area contributed by atoms with Crippen molar-refractivity contribution in [1.82, 2.24) is 34.7 Å². The Balaban J connectivity index is 1.23. The first kappa shape index (κ1) is 19.6. The molecule has 4 aromatic heterocycles. The summed E-state index contributed by atoms with van der Waals surface area (Å²) in [6, 6.07) is 21.6. The summed E-state index contributed by atoms with van der Waals surface area (Å²) in [6.07, 6.45) is 2.49. The van der Waals surface area contributed by atoms with Crippen LogP contribution in [0.15, 0.2) is 72.9 Å². The van der Waals surface area contributed by atoms with Crippen LogP contribution in [0.1, 0.15) is 21.3 Å². The third-order valence-corrected chi connectivity index (χ3v) is 6.54. The van der Waals surface area contributed by atoms with Crippen LogP contribution in [0.25, 0.3) is 26.8 Å². The van der Waals surface area contributed by atoms with E-state index in [1.54, 1.807) is 11.3 Å². The summed E-state index contributed by atoms with van der Waals surface area (Å²) in [6.45, 7) is 0.951. The van der Waals surface area contributed by atoms with Crippen LogP contribution >= 0.6 is 11.3 Å². The minimum Gasteiger partial charge on any atom is -0.350 e. The lowest BCUT2D eigenvalue weighted by Crippen LogP contribution is -2.27. The summed E-state index contributed by atoms with van der Waals surface area (Å²) in [4.78, 5) is 17.7. The van der Waals surface area contributed by atoms with Crippen molar-refractivity contribution in [3.8, 4) is 0 Å². The molecule has 6 rings (SSSR count). The van der Waals surface area contributed by atoms with E-state index in [1.165, 1.54) is 0 Å². The van der Waals surface area contributed by atoms with Crippen LogP contribution in [0.5, 0.6) is 0 Å². The number of para-hydroxylation sites is 2. The van der Waals surface area contributed by atoms with Crippen molar-refractivity contribution in [3.05, 3.63) is 89.5 Å². The molecular weight excluding hydrogens is 434 g/mol. The molecule has 2 aromatic carbocycles. The molecule has 0 saturated carbocycles. The van der Waals surface area contributed by atoms with Gasteiger partial charge in [0.2, 0.25) is 0 Å². The number of hydrogen-bond donors (Lipinski definition) is 1. The van der Waals surface area contributed by atoms with Gasteiger partial charge in [0.1, 0.15) is 10.8 Å². The van der Waals surface area contributed by atoms with E-state index in [-0.39, 0.29) is 5.91 Å². The summed E-state index contributed by atoms with van der Waals surface area (Å²) in [5.41, 5.74) is 3.09. The van der Waals surface area contributed by atoms with Gasteiger partial charge in [-0.25, -0.2) is 4.98 Å². The lowest BCUT2D eigenvalue weighted by Gasteiger charge is -2.03. The number of fused-ring (bicyclic) bond motifs is 3. The number of nitrogens with zero attached hydrogens (tertiary/aromatic N) is 6. The molecule has 9 heteroatoms. The number of benzene rings is 2. The van der Waals surface area contributed by atoms with Gasteiger partial charge in [0, 0.05) is 24.5 Å². The highest BCUT2D eigenvalue weighted by Crippen LogP contribution is 2.24. The Labute approximate surface area is 192 Å². The van der Waals surface area contributed by atoms with Crippen molar-refractivity contribution >= 4 is 44.0 Å². The molecule has 0 aliphatic carbocycles. The summed E-state index contributed by atoms with van der Waals surface area (Å²) in [5, 5.41) is 17.8. The fourth-order valence-corrected chi connectivity index (χ4v) is 4.91. The zero-order valence-electron chi connectivity index (χ0n) is 17.5. The standard InChI is InChI=1S/C24H19N7OS/c32-24(25-13-12-21-28-27-20-11-5-6-14-30(20)21)23-16-7-1-3-9-18(16)31(29-23)15-22-26-17-8-2-4-10-19(17)33-22/h1-11,14H,12-13,15H2,(H,25,32). The van der Waals surface area contributed by atoms with Crippen molar-refractivity contribution in [3.63, 3.8) is 0 Å². The number of hydrogen-bond acceptors (Lipinski definition) is 6. The number of aromatic nitrogens is 6. The van der Waals surface area contributed by atoms with Gasteiger partial charge in [-0.15, -0.1) is 21.5 Å². The predicted molar refractivity (Wildman–Crippen MR) is 127 cm³/mol. The van der Waals surface area contributed by atoms with Gasteiger partial charge in [-0.2, -0.15) is 5.10 Å². The average Bonchev–Trinajstić information content (AvgIpc) is 3.55. The predicted octanol–water partition coefficient (Wildman–Crippen LogP) is 3.71. The molecule has 8 nitrogen and oxygen atoms in total. The normalized spacial score (nSPS) is 11.5. The van der Waals surface area contributed by atoms with Crippen molar-refractivity contribution < 1.29 is 4.79 Å². The molecule has 6 aromatic rings. The molecule has 0 atom stereocenters. The molecule has 0 unspecified atom stereocenters. The van der Waals surface area contributed by atoms with E-state index in [0.29, 0.717) is 25.2 Å². The zero-order chi connectivity index (χ0) is 22.2. The highest BCUT2D eigenvalue weighted by molar-refractivity contribution is 7.18. The minimum absolute atomic E-state index is 0.205. The number of carbonyl (C=O) groups excluding carboxylic acids is 1. The second kappa shape index (κ2) is 8.10. The lowest BCUT2D eigenvalue weighted by molar-refractivity contribution is 0.0949. The van der Waals surface area contributed by atoms with Crippen molar-refractivity contribution in [2.75, 3.05) is 6.54 Å². The molecule has 1 amide bonds. The van der Waals surface area contributed by atoms with E-state index >= 15 is 0 Å². The van der Waals surface area contributed by atoms with Crippen molar-refractivity contribution in [2.45, 2.75) is 13.0 Å². The van der Waals surface area contributed by atoms with Gasteiger partial charge in [-0.3, -0.25) is 13.9 Å². The maximum atomic E-state index is 13.0. The van der Waals surface area contributed by atoms with Crippen LogP contribution in [0.2, 0.25) is 0 Å². The third kappa shape index (κ3) is 3.62. The van der Waals surface area contributed by atoms with Gasteiger partial charge in [-0.1, -0.05) is 36.4 Å². The zero-order valence-corrected chi connectivity index (χ0v) is 18.4. The topological polar surface area (TPSA) is 90.0 Å². The van der Waals surface area contributed by atoms with Gasteiger partial charge < -0.3 is 5.32 Å².